The third-order valence-electron chi connectivity index (χ3n) is 2.07. The molecule has 3 N–H and O–H groups in total. The predicted molar refractivity (Wildman–Crippen MR) is 67.8 cm³/mol. The Balaban J connectivity index is 2.48. The molecule has 0 fully saturated rings. The average Bonchev–Trinajstić information content (AvgIpc) is 2.26. The lowest BCUT2D eigenvalue weighted by atomic mass is 10.2. The van der Waals surface area contributed by atoms with Crippen molar-refractivity contribution in [2.24, 2.45) is 5.73 Å². The van der Waals surface area contributed by atoms with E-state index in [1.165, 1.54) is 11.8 Å². The first-order valence-corrected chi connectivity index (χ1v) is 6.35. The minimum atomic E-state index is -0.801. The van der Waals surface area contributed by atoms with Gasteiger partial charge in [0, 0.05) is 10.8 Å². The van der Waals surface area contributed by atoms with Crippen LogP contribution in [-0.2, 0) is 10.5 Å². The van der Waals surface area contributed by atoms with E-state index in [2.05, 4.69) is 0 Å². The topological polar surface area (TPSA) is 63.3 Å². The summed E-state index contributed by atoms with van der Waals surface area (Å²) in [5.74, 6) is -0.141. The molecule has 1 unspecified atom stereocenters. The second kappa shape index (κ2) is 6.78. The molecule has 0 aliphatic heterocycles. The number of carbonyl (C=O) groups is 1. The Morgan fingerprint density at radius 1 is 1.44 bits per heavy atom. The fraction of sp³-hybridized carbons (Fsp3) is 0.364. The van der Waals surface area contributed by atoms with Crippen LogP contribution >= 0.6 is 23.4 Å². The molecular weight excluding hydrogens is 246 g/mol. The third-order valence-corrected chi connectivity index (χ3v) is 3.66. The van der Waals surface area contributed by atoms with Crippen LogP contribution in [0.5, 0.6) is 0 Å². The fourth-order valence-corrected chi connectivity index (χ4v) is 2.36. The van der Waals surface area contributed by atoms with Gasteiger partial charge in [-0.3, -0.25) is 4.79 Å². The van der Waals surface area contributed by atoms with Crippen molar-refractivity contribution in [2.45, 2.75) is 17.4 Å². The number of rotatable bonds is 6. The van der Waals surface area contributed by atoms with Gasteiger partial charge in [-0.25, -0.2) is 0 Å². The molecule has 0 heterocycles. The van der Waals surface area contributed by atoms with Gasteiger partial charge in [-0.2, -0.15) is 0 Å². The van der Waals surface area contributed by atoms with Gasteiger partial charge in [-0.15, -0.1) is 11.8 Å². The largest absolute Gasteiger partial charge is 0.480 e. The summed E-state index contributed by atoms with van der Waals surface area (Å²) >= 11 is 7.15. The predicted octanol–water partition coefficient (Wildman–Crippen LogP) is 2.38. The fourth-order valence-electron chi connectivity index (χ4n) is 1.21. The van der Waals surface area contributed by atoms with Crippen LogP contribution in [-0.4, -0.2) is 22.9 Å². The molecule has 16 heavy (non-hydrogen) atoms. The number of aliphatic carboxylic acids is 1. The van der Waals surface area contributed by atoms with Crippen LogP contribution in [0.1, 0.15) is 12.0 Å². The van der Waals surface area contributed by atoms with Gasteiger partial charge >= 0.3 is 5.97 Å². The van der Waals surface area contributed by atoms with Crippen molar-refractivity contribution in [1.29, 1.82) is 0 Å². The SMILES string of the molecule is NCCC(SCc1ccc(Cl)cc1)C(=O)O. The van der Waals surface area contributed by atoms with E-state index in [0.717, 1.165) is 5.56 Å². The van der Waals surface area contributed by atoms with E-state index in [0.29, 0.717) is 23.7 Å². The number of carboxylic acid groups (broad SMARTS) is 1. The zero-order chi connectivity index (χ0) is 12.0. The van der Waals surface area contributed by atoms with E-state index < -0.39 is 11.2 Å². The lowest BCUT2D eigenvalue weighted by Gasteiger charge is -2.10. The standard InChI is InChI=1S/C11H14ClNO2S/c12-9-3-1-8(2-4-9)7-16-10(5-6-13)11(14)15/h1-4,10H,5-7,13H2,(H,14,15). The minimum absolute atomic E-state index is 0.393. The van der Waals surface area contributed by atoms with Gasteiger partial charge in [0.15, 0.2) is 0 Å². The monoisotopic (exact) mass is 259 g/mol. The molecule has 0 aliphatic carbocycles. The van der Waals surface area contributed by atoms with Crippen LogP contribution in [0.15, 0.2) is 24.3 Å². The molecule has 5 heteroatoms. The number of carboxylic acids is 1. The first-order valence-electron chi connectivity index (χ1n) is 4.92. The van der Waals surface area contributed by atoms with Gasteiger partial charge < -0.3 is 10.8 Å². The van der Waals surface area contributed by atoms with Crippen LogP contribution in [0.2, 0.25) is 5.02 Å². The van der Waals surface area contributed by atoms with E-state index in [1.807, 2.05) is 12.1 Å². The van der Waals surface area contributed by atoms with Gasteiger partial charge in [0.1, 0.15) is 5.25 Å². The van der Waals surface area contributed by atoms with E-state index in [-0.39, 0.29) is 0 Å². The van der Waals surface area contributed by atoms with E-state index in [1.54, 1.807) is 12.1 Å². The first kappa shape index (κ1) is 13.4. The maximum absolute atomic E-state index is 10.9. The molecule has 0 saturated carbocycles. The molecule has 1 aromatic rings. The van der Waals surface area contributed by atoms with E-state index >= 15 is 0 Å². The lowest BCUT2D eigenvalue weighted by Crippen LogP contribution is -2.20. The molecule has 0 saturated heterocycles. The van der Waals surface area contributed by atoms with Crippen LogP contribution in [0.4, 0.5) is 0 Å². The van der Waals surface area contributed by atoms with Crippen molar-refractivity contribution in [3.8, 4) is 0 Å². The Labute approximate surface area is 104 Å². The van der Waals surface area contributed by atoms with Gasteiger partial charge in [-0.05, 0) is 30.7 Å². The Hall–Kier alpha value is -0.710. The highest BCUT2D eigenvalue weighted by Gasteiger charge is 2.16. The molecule has 0 bridgehead atoms. The highest BCUT2D eigenvalue weighted by Crippen LogP contribution is 2.21. The highest BCUT2D eigenvalue weighted by atomic mass is 35.5. The second-order valence-corrected chi connectivity index (χ2v) is 4.97. The molecule has 1 atom stereocenters. The average molecular weight is 260 g/mol. The van der Waals surface area contributed by atoms with Crippen LogP contribution < -0.4 is 5.73 Å². The summed E-state index contributed by atoms with van der Waals surface area (Å²) in [6, 6.07) is 7.40. The van der Waals surface area contributed by atoms with Crippen LogP contribution in [0.25, 0.3) is 0 Å². The summed E-state index contributed by atoms with van der Waals surface area (Å²) in [4.78, 5) is 10.9. The molecule has 0 spiro atoms. The molecule has 3 nitrogen and oxygen atoms in total. The van der Waals surface area contributed by atoms with Gasteiger partial charge in [-0.1, -0.05) is 23.7 Å². The quantitative estimate of drug-likeness (QED) is 0.823. The molecule has 0 radical (unpaired) electrons. The number of hydrogen-bond donors (Lipinski definition) is 2. The van der Waals surface area contributed by atoms with E-state index in [4.69, 9.17) is 22.4 Å². The van der Waals surface area contributed by atoms with Crippen molar-refractivity contribution >= 4 is 29.3 Å². The maximum Gasteiger partial charge on any atom is 0.316 e. The molecule has 0 aromatic heterocycles. The highest BCUT2D eigenvalue weighted by molar-refractivity contribution is 7.99. The minimum Gasteiger partial charge on any atom is -0.480 e. The van der Waals surface area contributed by atoms with Gasteiger partial charge in [0.2, 0.25) is 0 Å². The Morgan fingerprint density at radius 2 is 2.06 bits per heavy atom. The molecule has 0 aliphatic rings. The summed E-state index contributed by atoms with van der Waals surface area (Å²) in [5, 5.41) is 9.18. The third kappa shape index (κ3) is 4.43. The van der Waals surface area contributed by atoms with Crippen LogP contribution in [0.3, 0.4) is 0 Å². The van der Waals surface area contributed by atoms with Crippen molar-refractivity contribution in [3.63, 3.8) is 0 Å². The molecule has 88 valence electrons. The van der Waals surface area contributed by atoms with Gasteiger partial charge in [0.25, 0.3) is 0 Å². The smallest absolute Gasteiger partial charge is 0.316 e. The number of benzene rings is 1. The zero-order valence-electron chi connectivity index (χ0n) is 8.73. The molecule has 1 aromatic carbocycles. The number of hydrogen-bond acceptors (Lipinski definition) is 3. The Bertz CT molecular complexity index is 342. The molecule has 0 amide bonds. The summed E-state index contributed by atoms with van der Waals surface area (Å²) in [7, 11) is 0. The van der Waals surface area contributed by atoms with Crippen molar-refractivity contribution in [1.82, 2.24) is 0 Å². The second-order valence-electron chi connectivity index (χ2n) is 3.34. The van der Waals surface area contributed by atoms with Crippen molar-refractivity contribution < 1.29 is 9.90 Å². The van der Waals surface area contributed by atoms with E-state index in [9.17, 15) is 4.79 Å². The molecular formula is C11H14ClNO2S. The normalized spacial score (nSPS) is 12.4. The summed E-state index contributed by atoms with van der Waals surface area (Å²) in [5.41, 5.74) is 6.43. The molecule has 1 rings (SSSR count). The Morgan fingerprint density at radius 3 is 2.56 bits per heavy atom. The summed E-state index contributed by atoms with van der Waals surface area (Å²) in [6.45, 7) is 0.393. The Kier molecular flexibility index (Phi) is 5.66. The zero-order valence-corrected chi connectivity index (χ0v) is 10.3. The maximum atomic E-state index is 10.9. The van der Waals surface area contributed by atoms with Crippen molar-refractivity contribution in [3.05, 3.63) is 34.9 Å². The first-order chi connectivity index (χ1) is 7.63. The van der Waals surface area contributed by atoms with Crippen LogP contribution in [0, 0.1) is 0 Å². The number of nitrogens with two attached hydrogens (primary N) is 1. The lowest BCUT2D eigenvalue weighted by molar-refractivity contribution is -0.136. The number of thioether (sulfide) groups is 1. The number of halogens is 1. The summed E-state index contributed by atoms with van der Waals surface area (Å²) in [6.07, 6.45) is 0.494. The van der Waals surface area contributed by atoms with Gasteiger partial charge in [0.05, 0.1) is 0 Å². The van der Waals surface area contributed by atoms with Crippen molar-refractivity contribution in [2.75, 3.05) is 6.54 Å². The summed E-state index contributed by atoms with van der Waals surface area (Å²) < 4.78 is 0.